The van der Waals surface area contributed by atoms with Crippen LogP contribution in [-0.4, -0.2) is 7.05 Å². The Morgan fingerprint density at radius 2 is 2.00 bits per heavy atom. The molecule has 0 aliphatic carbocycles. The number of hydrogen-bond acceptors (Lipinski definition) is 4. The number of nitrogens with two attached hydrogens (primary N) is 1. The molecule has 0 heterocycles. The van der Waals surface area contributed by atoms with E-state index in [0.29, 0.717) is 11.4 Å². The molecule has 88 valence electrons. The summed E-state index contributed by atoms with van der Waals surface area (Å²) in [7, 11) is 1.83. The van der Waals surface area contributed by atoms with E-state index < -0.39 is 0 Å². The number of allylic oxidation sites excluding steroid dienone is 3. The fraction of sp³-hybridized carbons (Fsp3) is 0.0769. The van der Waals surface area contributed by atoms with Crippen molar-refractivity contribution in [3.8, 4) is 0 Å². The van der Waals surface area contributed by atoms with E-state index in [1.807, 2.05) is 19.2 Å². The van der Waals surface area contributed by atoms with Crippen molar-refractivity contribution in [2.24, 2.45) is 10.2 Å². The average Bonchev–Trinajstić information content (AvgIpc) is 2.34. The summed E-state index contributed by atoms with van der Waals surface area (Å²) in [6.07, 6.45) is 7.26. The van der Waals surface area contributed by atoms with Gasteiger partial charge in [0.2, 0.25) is 0 Å². The molecule has 0 atom stereocenters. The molecule has 1 aromatic rings. The molecule has 1 rings (SSSR count). The Labute approximate surface area is 101 Å². The molecule has 4 nitrogen and oxygen atoms in total. The zero-order chi connectivity index (χ0) is 12.5. The van der Waals surface area contributed by atoms with Crippen molar-refractivity contribution in [1.29, 1.82) is 0 Å². The molecule has 0 aromatic heterocycles. The maximum absolute atomic E-state index is 5.56. The van der Waals surface area contributed by atoms with E-state index in [1.54, 1.807) is 36.5 Å². The molecule has 17 heavy (non-hydrogen) atoms. The van der Waals surface area contributed by atoms with Crippen LogP contribution >= 0.6 is 0 Å². The summed E-state index contributed by atoms with van der Waals surface area (Å²) in [4.78, 5) is 0. The van der Waals surface area contributed by atoms with Crippen LogP contribution in [0, 0.1) is 0 Å². The van der Waals surface area contributed by atoms with Crippen LogP contribution in [0.4, 0.5) is 11.4 Å². The van der Waals surface area contributed by atoms with Crippen LogP contribution in [0.15, 0.2) is 71.2 Å². The van der Waals surface area contributed by atoms with E-state index in [2.05, 4.69) is 22.1 Å². The van der Waals surface area contributed by atoms with Gasteiger partial charge in [-0.2, -0.15) is 10.2 Å². The van der Waals surface area contributed by atoms with Crippen LogP contribution in [-0.2, 0) is 0 Å². The lowest BCUT2D eigenvalue weighted by molar-refractivity contribution is 1.10. The second-order valence-corrected chi connectivity index (χ2v) is 3.29. The molecule has 0 unspecified atom stereocenters. The van der Waals surface area contributed by atoms with Crippen molar-refractivity contribution in [3.05, 3.63) is 61.0 Å². The molecule has 0 fully saturated rings. The van der Waals surface area contributed by atoms with Gasteiger partial charge in [0.15, 0.2) is 0 Å². The van der Waals surface area contributed by atoms with Crippen molar-refractivity contribution in [2.45, 2.75) is 0 Å². The van der Waals surface area contributed by atoms with Gasteiger partial charge in [0.25, 0.3) is 0 Å². The molecule has 4 heteroatoms. The number of anilines is 1. The summed E-state index contributed by atoms with van der Waals surface area (Å²) in [5, 5.41) is 10.9. The molecule has 0 saturated carbocycles. The first-order chi connectivity index (χ1) is 8.22. The quantitative estimate of drug-likeness (QED) is 0.462. The third-order valence-corrected chi connectivity index (χ3v) is 1.85. The van der Waals surface area contributed by atoms with Gasteiger partial charge >= 0.3 is 0 Å². The second-order valence-electron chi connectivity index (χ2n) is 3.29. The summed E-state index contributed by atoms with van der Waals surface area (Å²) >= 11 is 0. The van der Waals surface area contributed by atoms with Gasteiger partial charge in [-0.3, -0.25) is 0 Å². The minimum atomic E-state index is 0.586. The Morgan fingerprint density at radius 1 is 1.29 bits per heavy atom. The van der Waals surface area contributed by atoms with Crippen LogP contribution in [0.2, 0.25) is 0 Å². The smallest absolute Gasteiger partial charge is 0.0858 e. The Morgan fingerprint density at radius 3 is 2.65 bits per heavy atom. The largest absolute Gasteiger partial charge is 0.399 e. The molecule has 0 radical (unpaired) electrons. The minimum Gasteiger partial charge on any atom is -0.399 e. The van der Waals surface area contributed by atoms with Gasteiger partial charge in [0, 0.05) is 12.7 Å². The Balaban J connectivity index is 2.53. The van der Waals surface area contributed by atoms with Crippen LogP contribution in [0.1, 0.15) is 0 Å². The molecule has 0 aliphatic heterocycles. The van der Waals surface area contributed by atoms with Crippen molar-refractivity contribution < 1.29 is 0 Å². The third kappa shape index (κ3) is 5.32. The molecular weight excluding hydrogens is 212 g/mol. The lowest BCUT2D eigenvalue weighted by Gasteiger charge is -1.93. The highest BCUT2D eigenvalue weighted by atomic mass is 15.1. The first-order valence-corrected chi connectivity index (χ1v) is 5.19. The molecule has 3 N–H and O–H groups in total. The first-order valence-electron chi connectivity index (χ1n) is 5.19. The minimum absolute atomic E-state index is 0.586. The Kier molecular flexibility index (Phi) is 5.24. The molecule has 0 aliphatic rings. The number of nitrogens with one attached hydrogen (secondary N) is 1. The highest BCUT2D eigenvalue weighted by Crippen LogP contribution is 2.15. The number of nitrogens with zero attached hydrogens (tertiary/aromatic N) is 2. The van der Waals surface area contributed by atoms with Crippen LogP contribution in [0.3, 0.4) is 0 Å². The normalized spacial score (nSPS) is 11.6. The zero-order valence-corrected chi connectivity index (χ0v) is 9.80. The highest BCUT2D eigenvalue weighted by molar-refractivity contribution is 5.47. The van der Waals surface area contributed by atoms with Crippen molar-refractivity contribution in [3.63, 3.8) is 0 Å². The van der Waals surface area contributed by atoms with Gasteiger partial charge in [-0.1, -0.05) is 12.7 Å². The average molecular weight is 228 g/mol. The SMILES string of the molecule is C=C(/C=C\C=C/NC)N=Nc1ccc(N)cc1. The van der Waals surface area contributed by atoms with Crippen LogP contribution in [0.5, 0.6) is 0 Å². The van der Waals surface area contributed by atoms with Gasteiger partial charge in [0.1, 0.15) is 0 Å². The number of benzene rings is 1. The Bertz CT molecular complexity index is 441. The van der Waals surface area contributed by atoms with Gasteiger partial charge < -0.3 is 11.1 Å². The van der Waals surface area contributed by atoms with E-state index >= 15 is 0 Å². The summed E-state index contributed by atoms with van der Waals surface area (Å²) in [5.41, 5.74) is 7.61. The zero-order valence-electron chi connectivity index (χ0n) is 9.80. The lowest BCUT2D eigenvalue weighted by Crippen LogP contribution is -1.89. The summed E-state index contributed by atoms with van der Waals surface area (Å²) in [6, 6.07) is 7.17. The number of nitrogen functional groups attached to an aromatic ring is 1. The second kappa shape index (κ2) is 7.00. The predicted molar refractivity (Wildman–Crippen MR) is 71.9 cm³/mol. The van der Waals surface area contributed by atoms with Gasteiger partial charge in [-0.15, -0.1) is 0 Å². The maximum atomic E-state index is 5.56. The van der Waals surface area contributed by atoms with Gasteiger partial charge in [-0.25, -0.2) is 0 Å². The van der Waals surface area contributed by atoms with E-state index in [0.717, 1.165) is 5.69 Å². The molecule has 0 spiro atoms. The number of azo groups is 1. The van der Waals surface area contributed by atoms with E-state index in [-0.39, 0.29) is 0 Å². The monoisotopic (exact) mass is 228 g/mol. The predicted octanol–water partition coefficient (Wildman–Crippen LogP) is 3.16. The number of rotatable bonds is 5. The highest BCUT2D eigenvalue weighted by Gasteiger charge is 1.88. The van der Waals surface area contributed by atoms with E-state index in [9.17, 15) is 0 Å². The summed E-state index contributed by atoms with van der Waals surface area (Å²) < 4.78 is 0. The topological polar surface area (TPSA) is 62.8 Å². The van der Waals surface area contributed by atoms with Crippen molar-refractivity contribution in [2.75, 3.05) is 12.8 Å². The molecular formula is C13H16N4. The molecule has 0 bridgehead atoms. The van der Waals surface area contributed by atoms with E-state index in [1.165, 1.54) is 0 Å². The fourth-order valence-electron chi connectivity index (χ4n) is 1.01. The summed E-state index contributed by atoms with van der Waals surface area (Å²) in [6.45, 7) is 3.76. The molecule has 1 aromatic carbocycles. The van der Waals surface area contributed by atoms with Gasteiger partial charge in [-0.05, 0) is 42.6 Å². The van der Waals surface area contributed by atoms with Crippen molar-refractivity contribution in [1.82, 2.24) is 5.32 Å². The van der Waals surface area contributed by atoms with Crippen LogP contribution in [0.25, 0.3) is 0 Å². The molecule has 0 amide bonds. The molecule has 0 saturated heterocycles. The van der Waals surface area contributed by atoms with E-state index in [4.69, 9.17) is 5.73 Å². The third-order valence-electron chi connectivity index (χ3n) is 1.85. The van der Waals surface area contributed by atoms with Gasteiger partial charge in [0.05, 0.1) is 11.4 Å². The lowest BCUT2D eigenvalue weighted by atomic mass is 10.3. The summed E-state index contributed by atoms with van der Waals surface area (Å²) in [5.74, 6) is 0. The van der Waals surface area contributed by atoms with Crippen LogP contribution < -0.4 is 11.1 Å². The maximum Gasteiger partial charge on any atom is 0.0858 e. The number of hydrogen-bond donors (Lipinski definition) is 2. The fourth-order valence-corrected chi connectivity index (χ4v) is 1.01. The van der Waals surface area contributed by atoms with Crippen molar-refractivity contribution >= 4 is 11.4 Å². The first kappa shape index (κ1) is 12.7. The standard InChI is InChI=1S/C13H16N4/c1-11(5-3-4-10-15-2)16-17-13-8-6-12(14)7-9-13/h3-10,15H,1,14H2,2H3/b5-3-,10-4-,17-16?. The Hall–Kier alpha value is -2.36.